The van der Waals surface area contributed by atoms with Crippen molar-refractivity contribution in [2.45, 2.75) is 19.1 Å². The van der Waals surface area contributed by atoms with Crippen molar-refractivity contribution in [2.24, 2.45) is 0 Å². The minimum atomic E-state index is -0.459. The van der Waals surface area contributed by atoms with Crippen molar-refractivity contribution < 1.29 is 19.0 Å². The minimum absolute atomic E-state index is 0.0410. The zero-order valence-electron chi connectivity index (χ0n) is 20.0. The van der Waals surface area contributed by atoms with Crippen LogP contribution in [0.1, 0.15) is 6.92 Å². The Morgan fingerprint density at radius 1 is 1.17 bits per heavy atom. The van der Waals surface area contributed by atoms with Gasteiger partial charge in [0.05, 0.1) is 49.0 Å². The summed E-state index contributed by atoms with van der Waals surface area (Å²) in [7, 11) is 3.10. The lowest BCUT2D eigenvalue weighted by atomic mass is 10.1. The second-order valence-corrected chi connectivity index (χ2v) is 8.72. The molecule has 0 bridgehead atoms. The summed E-state index contributed by atoms with van der Waals surface area (Å²) in [4.78, 5) is 27.2. The van der Waals surface area contributed by atoms with Gasteiger partial charge in [0.25, 0.3) is 5.91 Å². The van der Waals surface area contributed by atoms with Crippen molar-refractivity contribution >= 4 is 34.8 Å². The van der Waals surface area contributed by atoms with Gasteiger partial charge in [-0.1, -0.05) is 17.7 Å². The molecule has 186 valence electrons. The van der Waals surface area contributed by atoms with E-state index < -0.39 is 6.10 Å². The van der Waals surface area contributed by atoms with Crippen molar-refractivity contribution in [1.29, 1.82) is 0 Å². The fourth-order valence-electron chi connectivity index (χ4n) is 3.93. The van der Waals surface area contributed by atoms with E-state index in [4.69, 9.17) is 25.8 Å². The quantitative estimate of drug-likeness (QED) is 0.383. The standard InChI is InChI=1S/C25H25ClN6O4/c1-15(34-2)24(33)31-13-17(14-31)36-16-7-8-19(21(10-16)35-3)29-25-28-11-18(26)23(30-25)20-12-27-22-6-4-5-9-32(20)22/h4-12,15,17H,13-14H2,1-3H3,(H,28,29,30). The number of carbonyl (C=O) groups is 1. The molecule has 0 radical (unpaired) electrons. The molecular formula is C25H25ClN6O4. The number of pyridine rings is 1. The summed E-state index contributed by atoms with van der Waals surface area (Å²) in [6.45, 7) is 2.76. The summed E-state index contributed by atoms with van der Waals surface area (Å²) in [5.74, 6) is 1.51. The van der Waals surface area contributed by atoms with Crippen LogP contribution in [0.4, 0.5) is 11.6 Å². The first-order chi connectivity index (χ1) is 17.5. The average Bonchev–Trinajstić information content (AvgIpc) is 3.31. The molecule has 1 aliphatic heterocycles. The number of fused-ring (bicyclic) bond motifs is 1. The number of amides is 1. The number of hydrogen-bond acceptors (Lipinski definition) is 8. The first-order valence-electron chi connectivity index (χ1n) is 11.3. The number of nitrogens with one attached hydrogen (secondary N) is 1. The average molecular weight is 509 g/mol. The number of methoxy groups -OCH3 is 2. The van der Waals surface area contributed by atoms with Crippen molar-refractivity contribution in [3.05, 3.63) is 60.0 Å². The summed E-state index contributed by atoms with van der Waals surface area (Å²) >= 11 is 6.43. The molecule has 1 atom stereocenters. The fourth-order valence-corrected chi connectivity index (χ4v) is 4.11. The highest BCUT2D eigenvalue weighted by Crippen LogP contribution is 2.33. The Kier molecular flexibility index (Phi) is 6.62. The zero-order chi connectivity index (χ0) is 25.2. The maximum absolute atomic E-state index is 12.1. The Bertz CT molecular complexity index is 1400. The lowest BCUT2D eigenvalue weighted by molar-refractivity contribution is -0.149. The van der Waals surface area contributed by atoms with Crippen LogP contribution in [0.25, 0.3) is 17.0 Å². The van der Waals surface area contributed by atoms with Gasteiger partial charge in [0.15, 0.2) is 0 Å². The van der Waals surface area contributed by atoms with Gasteiger partial charge >= 0.3 is 0 Å². The Hall–Kier alpha value is -3.89. The van der Waals surface area contributed by atoms with Crippen LogP contribution in [0.5, 0.6) is 11.5 Å². The third-order valence-electron chi connectivity index (χ3n) is 5.99. The number of likely N-dealkylation sites (tertiary alicyclic amines) is 1. The summed E-state index contributed by atoms with van der Waals surface area (Å²) in [6, 6.07) is 11.2. The molecule has 11 heteroatoms. The molecule has 5 rings (SSSR count). The topological polar surface area (TPSA) is 103 Å². The van der Waals surface area contributed by atoms with Gasteiger partial charge in [-0.05, 0) is 31.2 Å². The van der Waals surface area contributed by atoms with Gasteiger partial charge in [0, 0.05) is 19.4 Å². The highest BCUT2D eigenvalue weighted by molar-refractivity contribution is 6.32. The Labute approximate surface area is 212 Å². The second kappa shape index (κ2) is 10.00. The van der Waals surface area contributed by atoms with Crippen LogP contribution >= 0.6 is 11.6 Å². The Balaban J connectivity index is 1.30. The number of benzene rings is 1. The van der Waals surface area contributed by atoms with E-state index in [1.165, 1.54) is 7.11 Å². The molecule has 36 heavy (non-hydrogen) atoms. The molecule has 1 N–H and O–H groups in total. The maximum Gasteiger partial charge on any atom is 0.251 e. The fraction of sp³-hybridized carbons (Fsp3) is 0.280. The minimum Gasteiger partial charge on any atom is -0.494 e. The van der Waals surface area contributed by atoms with Crippen LogP contribution in [0.2, 0.25) is 5.02 Å². The van der Waals surface area contributed by atoms with E-state index >= 15 is 0 Å². The lowest BCUT2D eigenvalue weighted by Gasteiger charge is -2.40. The van der Waals surface area contributed by atoms with E-state index in [2.05, 4.69) is 20.3 Å². The maximum atomic E-state index is 12.1. The van der Waals surface area contributed by atoms with Crippen LogP contribution in [0.15, 0.2) is 55.0 Å². The summed E-state index contributed by atoms with van der Waals surface area (Å²) in [5, 5.41) is 3.60. The van der Waals surface area contributed by atoms with E-state index in [0.29, 0.717) is 46.9 Å². The van der Waals surface area contributed by atoms with Gasteiger partial charge in [-0.25, -0.2) is 15.0 Å². The summed E-state index contributed by atoms with van der Waals surface area (Å²) in [5.41, 5.74) is 2.76. The molecule has 4 aromatic rings. The molecule has 0 spiro atoms. The number of ether oxygens (including phenoxy) is 3. The van der Waals surface area contributed by atoms with Crippen molar-refractivity contribution in [2.75, 3.05) is 32.6 Å². The SMILES string of the molecule is COc1cc(OC2CN(C(=O)C(C)OC)C2)ccc1Nc1ncc(Cl)c(-c2cnc3ccccn23)n1. The highest BCUT2D eigenvalue weighted by atomic mass is 35.5. The molecular weight excluding hydrogens is 484 g/mol. The van der Waals surface area contributed by atoms with E-state index in [-0.39, 0.29) is 12.0 Å². The molecule has 1 saturated heterocycles. The molecule has 3 aromatic heterocycles. The van der Waals surface area contributed by atoms with Crippen LogP contribution in [-0.2, 0) is 9.53 Å². The molecule has 1 unspecified atom stereocenters. The van der Waals surface area contributed by atoms with Crippen molar-refractivity contribution in [3.8, 4) is 22.9 Å². The van der Waals surface area contributed by atoms with Gasteiger partial charge in [-0.15, -0.1) is 0 Å². The van der Waals surface area contributed by atoms with Crippen molar-refractivity contribution in [3.63, 3.8) is 0 Å². The lowest BCUT2D eigenvalue weighted by Crippen LogP contribution is -2.58. The number of anilines is 2. The Morgan fingerprint density at radius 2 is 2.00 bits per heavy atom. The van der Waals surface area contributed by atoms with Gasteiger partial charge in [-0.3, -0.25) is 9.20 Å². The normalized spacial score (nSPS) is 14.4. The zero-order valence-corrected chi connectivity index (χ0v) is 20.8. The first kappa shape index (κ1) is 23.8. The molecule has 10 nitrogen and oxygen atoms in total. The number of aromatic nitrogens is 4. The van der Waals surface area contributed by atoms with Gasteiger partial charge in [0.1, 0.15) is 35.0 Å². The van der Waals surface area contributed by atoms with E-state index in [1.807, 2.05) is 40.9 Å². The smallest absolute Gasteiger partial charge is 0.251 e. The van der Waals surface area contributed by atoms with Crippen LogP contribution in [-0.4, -0.2) is 69.7 Å². The van der Waals surface area contributed by atoms with Crippen LogP contribution in [0, 0.1) is 0 Å². The monoisotopic (exact) mass is 508 g/mol. The van der Waals surface area contributed by atoms with Crippen LogP contribution < -0.4 is 14.8 Å². The number of rotatable bonds is 8. The number of halogens is 1. The molecule has 4 heterocycles. The number of hydrogen-bond donors (Lipinski definition) is 1. The second-order valence-electron chi connectivity index (χ2n) is 8.31. The predicted octanol–water partition coefficient (Wildman–Crippen LogP) is 3.82. The van der Waals surface area contributed by atoms with Crippen LogP contribution in [0.3, 0.4) is 0 Å². The molecule has 1 amide bonds. The predicted molar refractivity (Wildman–Crippen MR) is 135 cm³/mol. The van der Waals surface area contributed by atoms with E-state index in [0.717, 1.165) is 11.3 Å². The molecule has 0 aliphatic carbocycles. The molecule has 1 aromatic carbocycles. The van der Waals surface area contributed by atoms with Gasteiger partial charge in [-0.2, -0.15) is 0 Å². The van der Waals surface area contributed by atoms with E-state index in [1.54, 1.807) is 37.4 Å². The molecule has 1 aliphatic rings. The number of imidazole rings is 1. The highest BCUT2D eigenvalue weighted by Gasteiger charge is 2.34. The third kappa shape index (κ3) is 4.65. The Morgan fingerprint density at radius 3 is 2.78 bits per heavy atom. The summed E-state index contributed by atoms with van der Waals surface area (Å²) < 4.78 is 18.6. The van der Waals surface area contributed by atoms with Crippen molar-refractivity contribution in [1.82, 2.24) is 24.3 Å². The third-order valence-corrected chi connectivity index (χ3v) is 6.26. The molecule has 1 fully saturated rings. The van der Waals surface area contributed by atoms with E-state index in [9.17, 15) is 4.79 Å². The van der Waals surface area contributed by atoms with Gasteiger partial charge < -0.3 is 24.4 Å². The molecule has 0 saturated carbocycles. The van der Waals surface area contributed by atoms with Gasteiger partial charge in [0.2, 0.25) is 5.95 Å². The number of nitrogens with zero attached hydrogens (tertiary/aromatic N) is 5. The first-order valence-corrected chi connectivity index (χ1v) is 11.7. The number of carbonyl (C=O) groups excluding carboxylic acids is 1. The summed E-state index contributed by atoms with van der Waals surface area (Å²) in [6.07, 6.45) is 4.63. The largest absolute Gasteiger partial charge is 0.494 e.